The van der Waals surface area contributed by atoms with Gasteiger partial charge in [0, 0.05) is 23.5 Å². The van der Waals surface area contributed by atoms with Gasteiger partial charge in [-0.2, -0.15) is 0 Å². The quantitative estimate of drug-likeness (QED) is 0.308. The fourth-order valence-electron chi connectivity index (χ4n) is 7.11. The number of nitrogens with zero attached hydrogens (tertiary/aromatic N) is 1. The summed E-state index contributed by atoms with van der Waals surface area (Å²) < 4.78 is 11.0. The number of nitrogens with one attached hydrogen (secondary N) is 1. The minimum Gasteiger partial charge on any atom is -0.497 e. The van der Waals surface area contributed by atoms with Crippen LogP contribution in [-0.2, 0) is 10.2 Å². The van der Waals surface area contributed by atoms with Crippen LogP contribution in [0.3, 0.4) is 0 Å². The zero-order chi connectivity index (χ0) is 29.0. The highest BCUT2D eigenvalue weighted by molar-refractivity contribution is 6.17. The summed E-state index contributed by atoms with van der Waals surface area (Å²) in [5, 5.41) is 3.07. The Balaban J connectivity index is 1.54. The van der Waals surface area contributed by atoms with E-state index in [0.29, 0.717) is 28.3 Å². The maximum atomic E-state index is 15.0. The van der Waals surface area contributed by atoms with Gasteiger partial charge in [-0.1, -0.05) is 72.8 Å². The summed E-state index contributed by atoms with van der Waals surface area (Å²) in [6.07, 6.45) is 3.82. The predicted octanol–water partition coefficient (Wildman–Crippen LogP) is 5.69. The Kier molecular flexibility index (Phi) is 5.97. The Morgan fingerprint density at radius 1 is 0.833 bits per heavy atom. The van der Waals surface area contributed by atoms with E-state index in [9.17, 15) is 9.59 Å². The molecule has 1 spiro atoms. The lowest BCUT2D eigenvalue weighted by Crippen LogP contribution is -2.49. The first kappa shape index (κ1) is 25.8. The van der Waals surface area contributed by atoms with Gasteiger partial charge < -0.3 is 19.7 Å². The lowest BCUT2D eigenvalue weighted by atomic mass is 9.62. The van der Waals surface area contributed by atoms with E-state index in [1.807, 2.05) is 71.8 Å². The van der Waals surface area contributed by atoms with Crippen molar-refractivity contribution in [3.63, 3.8) is 0 Å². The van der Waals surface area contributed by atoms with Crippen molar-refractivity contribution in [3.8, 4) is 11.5 Å². The number of para-hydroxylation sites is 1. The molecule has 0 unspecified atom stereocenters. The van der Waals surface area contributed by atoms with Crippen molar-refractivity contribution in [2.45, 2.75) is 17.5 Å². The van der Waals surface area contributed by atoms with Gasteiger partial charge in [-0.3, -0.25) is 14.4 Å². The molecule has 42 heavy (non-hydrogen) atoms. The summed E-state index contributed by atoms with van der Waals surface area (Å²) in [4.78, 5) is 46.1. The number of amides is 1. The van der Waals surface area contributed by atoms with Crippen molar-refractivity contribution >= 4 is 29.2 Å². The summed E-state index contributed by atoms with van der Waals surface area (Å²) in [7, 11) is 3.03. The second-order valence-electron chi connectivity index (χ2n) is 10.7. The van der Waals surface area contributed by atoms with E-state index in [1.165, 1.54) is 7.11 Å². The first-order valence-electron chi connectivity index (χ1n) is 13.8. The third-order valence-electron chi connectivity index (χ3n) is 8.85. The number of hydrogen-bond donors (Lipinski definition) is 1. The zero-order valence-electron chi connectivity index (χ0n) is 23.1. The SMILES string of the molecule is COc1ccc(C(=O)[C@H]2[C@H](C(=O)c3ccccc3)N3C=Cc4ccccc4[C@@H]3[C@]23C(=O)Nc2ccccc23)c(OC)c1. The Morgan fingerprint density at radius 2 is 1.57 bits per heavy atom. The molecule has 0 aromatic heterocycles. The van der Waals surface area contributed by atoms with Gasteiger partial charge >= 0.3 is 0 Å². The van der Waals surface area contributed by atoms with E-state index in [0.717, 1.165) is 11.1 Å². The number of fused-ring (bicyclic) bond motifs is 6. The first-order valence-corrected chi connectivity index (χ1v) is 13.8. The van der Waals surface area contributed by atoms with Crippen LogP contribution in [0.2, 0.25) is 0 Å². The number of carbonyl (C=O) groups is 3. The minimum absolute atomic E-state index is 0.232. The average Bonchev–Trinajstić information content (AvgIpc) is 3.52. The van der Waals surface area contributed by atoms with E-state index >= 15 is 4.79 Å². The Hall–Kier alpha value is -5.17. The molecule has 7 heteroatoms. The summed E-state index contributed by atoms with van der Waals surface area (Å²) in [5.41, 5.74) is 2.51. The van der Waals surface area contributed by atoms with Crippen LogP contribution in [-0.4, -0.2) is 42.6 Å². The van der Waals surface area contributed by atoms with Crippen LogP contribution in [0.5, 0.6) is 11.5 Å². The number of methoxy groups -OCH3 is 2. The average molecular weight is 557 g/mol. The summed E-state index contributed by atoms with van der Waals surface area (Å²) >= 11 is 0. The Bertz CT molecular complexity index is 1780. The molecule has 0 saturated carbocycles. The molecule has 1 fully saturated rings. The first-order chi connectivity index (χ1) is 20.5. The molecular formula is C35H28N2O5. The minimum atomic E-state index is -1.41. The smallest absolute Gasteiger partial charge is 0.238 e. The number of anilines is 1. The third kappa shape index (κ3) is 3.49. The number of ether oxygens (including phenoxy) is 2. The van der Waals surface area contributed by atoms with Crippen LogP contribution >= 0.6 is 0 Å². The summed E-state index contributed by atoms with van der Waals surface area (Å²) in [6, 6.07) is 27.7. The molecule has 0 aliphatic carbocycles. The highest BCUT2D eigenvalue weighted by Gasteiger charge is 2.70. The van der Waals surface area contributed by atoms with Crippen molar-refractivity contribution < 1.29 is 23.9 Å². The van der Waals surface area contributed by atoms with Crippen LogP contribution in [0, 0.1) is 5.92 Å². The van der Waals surface area contributed by atoms with Crippen LogP contribution < -0.4 is 14.8 Å². The van der Waals surface area contributed by atoms with Crippen molar-refractivity contribution in [2.75, 3.05) is 19.5 Å². The molecule has 4 atom stereocenters. The highest BCUT2D eigenvalue weighted by Crippen LogP contribution is 2.62. The highest BCUT2D eigenvalue weighted by atomic mass is 16.5. The maximum Gasteiger partial charge on any atom is 0.238 e. The molecular weight excluding hydrogens is 528 g/mol. The van der Waals surface area contributed by atoms with E-state index in [2.05, 4.69) is 5.32 Å². The van der Waals surface area contributed by atoms with Crippen molar-refractivity contribution in [2.24, 2.45) is 5.92 Å². The predicted molar refractivity (Wildman–Crippen MR) is 159 cm³/mol. The van der Waals surface area contributed by atoms with Gasteiger partial charge in [0.15, 0.2) is 11.6 Å². The van der Waals surface area contributed by atoms with E-state index in [1.54, 1.807) is 49.6 Å². The molecule has 3 aliphatic rings. The van der Waals surface area contributed by atoms with Gasteiger partial charge in [0.2, 0.25) is 5.91 Å². The third-order valence-corrected chi connectivity index (χ3v) is 8.85. The number of rotatable bonds is 6. The molecule has 7 nitrogen and oxygen atoms in total. The molecule has 3 heterocycles. The number of carbonyl (C=O) groups excluding carboxylic acids is 3. The molecule has 7 rings (SSSR count). The maximum absolute atomic E-state index is 15.0. The van der Waals surface area contributed by atoms with Gasteiger partial charge in [0.1, 0.15) is 23.0 Å². The molecule has 208 valence electrons. The second kappa shape index (κ2) is 9.73. The van der Waals surface area contributed by atoms with Crippen LogP contribution in [0.25, 0.3) is 6.08 Å². The number of benzene rings is 4. The fourth-order valence-corrected chi connectivity index (χ4v) is 7.11. The summed E-state index contributed by atoms with van der Waals surface area (Å²) in [6.45, 7) is 0. The van der Waals surface area contributed by atoms with Crippen LogP contribution in [0.15, 0.2) is 103 Å². The van der Waals surface area contributed by atoms with Crippen LogP contribution in [0.1, 0.15) is 43.4 Å². The molecule has 1 amide bonds. The molecule has 0 bridgehead atoms. The van der Waals surface area contributed by atoms with Gasteiger partial charge in [-0.25, -0.2) is 0 Å². The molecule has 4 aromatic rings. The normalized spacial score (nSPS) is 23.1. The number of hydrogen-bond acceptors (Lipinski definition) is 6. The fraction of sp³-hybridized carbons (Fsp3) is 0.171. The molecule has 1 N–H and O–H groups in total. The standard InChI is InChI=1S/C35H28N2O5/c1-41-23-16-17-25(28(20-23)42-2)32(39)29-30(31(38)22-11-4-3-5-12-22)37-19-18-21-10-6-7-13-24(21)33(37)35(29)26-14-8-9-15-27(26)36-34(35)40/h3-20,29-30,33H,1-2H3,(H,36,40)/t29-,30-,33-,35-/m1/s1. The Labute approximate surface area is 243 Å². The van der Waals surface area contributed by atoms with Gasteiger partial charge in [-0.15, -0.1) is 0 Å². The Morgan fingerprint density at radius 3 is 2.36 bits per heavy atom. The van der Waals surface area contributed by atoms with E-state index in [-0.39, 0.29) is 23.0 Å². The van der Waals surface area contributed by atoms with Crippen molar-refractivity contribution in [3.05, 3.63) is 131 Å². The van der Waals surface area contributed by atoms with E-state index < -0.39 is 23.4 Å². The van der Waals surface area contributed by atoms with Crippen molar-refractivity contribution in [1.82, 2.24) is 4.90 Å². The van der Waals surface area contributed by atoms with Crippen molar-refractivity contribution in [1.29, 1.82) is 0 Å². The molecule has 3 aliphatic heterocycles. The number of ketones is 2. The largest absolute Gasteiger partial charge is 0.497 e. The molecule has 0 radical (unpaired) electrons. The van der Waals surface area contributed by atoms with Gasteiger partial charge in [-0.05, 0) is 41.0 Å². The molecule has 4 aromatic carbocycles. The van der Waals surface area contributed by atoms with E-state index in [4.69, 9.17) is 9.47 Å². The lowest BCUT2D eigenvalue weighted by molar-refractivity contribution is -0.122. The zero-order valence-corrected chi connectivity index (χ0v) is 23.1. The topological polar surface area (TPSA) is 84.9 Å². The lowest BCUT2D eigenvalue weighted by Gasteiger charge is -2.38. The molecule has 1 saturated heterocycles. The van der Waals surface area contributed by atoms with Crippen LogP contribution in [0.4, 0.5) is 5.69 Å². The second-order valence-corrected chi connectivity index (χ2v) is 10.7. The monoisotopic (exact) mass is 556 g/mol. The van der Waals surface area contributed by atoms with Gasteiger partial charge in [0.25, 0.3) is 0 Å². The summed E-state index contributed by atoms with van der Waals surface area (Å²) in [5.74, 6) is -1.14. The number of Topliss-reactive ketones (excluding diaryl/α,β-unsaturated/α-hetero) is 2. The van der Waals surface area contributed by atoms with Gasteiger partial charge in [0.05, 0.1) is 31.7 Å².